The third-order valence-corrected chi connectivity index (χ3v) is 5.95. The van der Waals surface area contributed by atoms with E-state index in [4.69, 9.17) is 14.2 Å². The van der Waals surface area contributed by atoms with Crippen LogP contribution in [0.2, 0.25) is 0 Å². The van der Waals surface area contributed by atoms with E-state index in [0.717, 1.165) is 17.1 Å². The van der Waals surface area contributed by atoms with E-state index in [1.807, 2.05) is 51.1 Å². The summed E-state index contributed by atoms with van der Waals surface area (Å²) in [6, 6.07) is 9.19. The highest BCUT2D eigenvalue weighted by atomic mass is 16.5. The van der Waals surface area contributed by atoms with Crippen molar-refractivity contribution in [2.24, 2.45) is 0 Å². The smallest absolute Gasteiger partial charge is 0.318 e. The van der Waals surface area contributed by atoms with Gasteiger partial charge >= 0.3 is 6.03 Å². The molecule has 11 nitrogen and oxygen atoms in total. The lowest BCUT2D eigenvalue weighted by atomic mass is 10.1. The fourth-order valence-electron chi connectivity index (χ4n) is 3.95. The van der Waals surface area contributed by atoms with Crippen LogP contribution in [0.4, 0.5) is 10.6 Å². The normalized spacial score (nSPS) is 13.8. The van der Waals surface area contributed by atoms with Gasteiger partial charge in [0.25, 0.3) is 0 Å². The molecule has 0 atom stereocenters. The highest BCUT2D eigenvalue weighted by Gasteiger charge is 2.27. The number of nitrogens with one attached hydrogen (secondary N) is 1. The molecular formula is C26H38N6O5. The summed E-state index contributed by atoms with van der Waals surface area (Å²) in [6.07, 6.45) is 0. The van der Waals surface area contributed by atoms with E-state index in [1.165, 1.54) is 4.90 Å². The number of hydrogen-bond donors (Lipinski definition) is 1. The Labute approximate surface area is 218 Å². The molecule has 1 fully saturated rings. The molecule has 0 bridgehead atoms. The fraction of sp³-hybridized carbons (Fsp3) is 0.538. The molecular weight excluding hydrogens is 476 g/mol. The molecule has 11 heteroatoms. The number of aromatic nitrogens is 2. The van der Waals surface area contributed by atoms with Crippen LogP contribution in [0.5, 0.6) is 11.5 Å². The molecule has 1 saturated heterocycles. The summed E-state index contributed by atoms with van der Waals surface area (Å²) in [6.45, 7) is 8.75. The van der Waals surface area contributed by atoms with Crippen LogP contribution in [0, 0.1) is 0 Å². The zero-order chi connectivity index (χ0) is 27.0. The van der Waals surface area contributed by atoms with Crippen LogP contribution in [0.3, 0.4) is 0 Å². The first-order chi connectivity index (χ1) is 17.6. The number of benzene rings is 1. The molecule has 2 heterocycles. The van der Waals surface area contributed by atoms with Crippen LogP contribution in [0.15, 0.2) is 30.3 Å². The molecule has 1 aliphatic rings. The number of carbonyl (C=O) groups excluding carboxylic acids is 2. The lowest BCUT2D eigenvalue weighted by Gasteiger charge is -2.36. The first kappa shape index (κ1) is 28.0. The van der Waals surface area contributed by atoms with Crippen molar-refractivity contribution in [1.82, 2.24) is 25.3 Å². The van der Waals surface area contributed by atoms with Crippen molar-refractivity contribution in [3.8, 4) is 22.8 Å². The van der Waals surface area contributed by atoms with Gasteiger partial charge in [0, 0.05) is 50.9 Å². The van der Waals surface area contributed by atoms with Gasteiger partial charge in [-0.1, -0.05) is 0 Å². The third kappa shape index (κ3) is 7.69. The molecule has 0 aliphatic carbocycles. The Balaban J connectivity index is 1.58. The second-order valence-electron chi connectivity index (χ2n) is 9.81. The Morgan fingerprint density at radius 1 is 0.973 bits per heavy atom. The molecule has 202 valence electrons. The number of ether oxygens (including phenoxy) is 3. The average molecular weight is 515 g/mol. The molecule has 1 aromatic heterocycles. The van der Waals surface area contributed by atoms with Crippen LogP contribution in [-0.4, -0.2) is 105 Å². The van der Waals surface area contributed by atoms with Gasteiger partial charge in [0.15, 0.2) is 17.3 Å². The van der Waals surface area contributed by atoms with Crippen LogP contribution in [-0.2, 0) is 9.53 Å². The molecule has 0 unspecified atom stereocenters. The summed E-state index contributed by atoms with van der Waals surface area (Å²) in [5, 5.41) is 11.7. The molecule has 3 amide bonds. The molecule has 3 rings (SSSR count). The molecule has 0 saturated carbocycles. The van der Waals surface area contributed by atoms with E-state index in [9.17, 15) is 9.59 Å². The Bertz CT molecular complexity index is 1050. The minimum Gasteiger partial charge on any atom is -0.493 e. The number of nitrogens with zero attached hydrogens (tertiary/aromatic N) is 5. The number of anilines is 1. The van der Waals surface area contributed by atoms with E-state index in [2.05, 4.69) is 20.4 Å². The third-order valence-electron chi connectivity index (χ3n) is 5.95. The highest BCUT2D eigenvalue weighted by molar-refractivity contribution is 5.84. The number of urea groups is 1. The number of carbonyl (C=O) groups is 2. The average Bonchev–Trinajstić information content (AvgIpc) is 2.89. The number of amides is 3. The number of hydrogen-bond acceptors (Lipinski definition) is 8. The van der Waals surface area contributed by atoms with Gasteiger partial charge in [0.2, 0.25) is 5.91 Å². The van der Waals surface area contributed by atoms with Gasteiger partial charge in [-0.05, 0) is 51.1 Å². The predicted octanol–water partition coefficient (Wildman–Crippen LogP) is 2.27. The maximum atomic E-state index is 13.0. The number of rotatable bonds is 9. The largest absolute Gasteiger partial charge is 0.493 e. The van der Waals surface area contributed by atoms with Gasteiger partial charge < -0.3 is 34.2 Å². The summed E-state index contributed by atoms with van der Waals surface area (Å²) in [7, 11) is 4.77. The van der Waals surface area contributed by atoms with Crippen molar-refractivity contribution in [2.45, 2.75) is 26.3 Å². The maximum absolute atomic E-state index is 13.0. The van der Waals surface area contributed by atoms with Gasteiger partial charge in [0.1, 0.15) is 6.54 Å². The van der Waals surface area contributed by atoms with Gasteiger partial charge in [-0.25, -0.2) is 4.79 Å². The van der Waals surface area contributed by atoms with Crippen molar-refractivity contribution >= 4 is 17.8 Å². The summed E-state index contributed by atoms with van der Waals surface area (Å²) >= 11 is 0. The Morgan fingerprint density at radius 2 is 1.68 bits per heavy atom. The van der Waals surface area contributed by atoms with E-state index < -0.39 is 5.54 Å². The van der Waals surface area contributed by atoms with E-state index in [-0.39, 0.29) is 18.5 Å². The van der Waals surface area contributed by atoms with Crippen LogP contribution >= 0.6 is 0 Å². The first-order valence-electron chi connectivity index (χ1n) is 12.3. The second-order valence-corrected chi connectivity index (χ2v) is 9.81. The zero-order valence-electron chi connectivity index (χ0n) is 22.6. The summed E-state index contributed by atoms with van der Waals surface area (Å²) < 4.78 is 15.8. The molecule has 1 aliphatic heterocycles. The minimum atomic E-state index is -0.396. The quantitative estimate of drug-likeness (QED) is 0.543. The van der Waals surface area contributed by atoms with Gasteiger partial charge in [-0.3, -0.25) is 4.79 Å². The molecule has 37 heavy (non-hydrogen) atoms. The second kappa shape index (κ2) is 12.6. The Morgan fingerprint density at radius 3 is 2.24 bits per heavy atom. The van der Waals surface area contributed by atoms with Gasteiger partial charge in [-0.2, -0.15) is 0 Å². The van der Waals surface area contributed by atoms with E-state index in [0.29, 0.717) is 50.8 Å². The lowest BCUT2D eigenvalue weighted by Crippen LogP contribution is -2.55. The topological polar surface area (TPSA) is 109 Å². The zero-order valence-corrected chi connectivity index (χ0v) is 22.6. The van der Waals surface area contributed by atoms with Gasteiger partial charge in [0.05, 0.1) is 26.5 Å². The van der Waals surface area contributed by atoms with Gasteiger partial charge in [-0.15, -0.1) is 10.2 Å². The predicted molar refractivity (Wildman–Crippen MR) is 141 cm³/mol. The monoisotopic (exact) mass is 514 g/mol. The number of piperazine rings is 1. The number of methoxy groups -OCH3 is 3. The van der Waals surface area contributed by atoms with Crippen LogP contribution in [0.1, 0.15) is 20.8 Å². The molecule has 0 radical (unpaired) electrons. The molecule has 1 aromatic carbocycles. The minimum absolute atomic E-state index is 0.00506. The standard InChI is InChI=1S/C26H38N6O5/c1-26(2,3)27-25(34)32(15-16-35-4)18-24(33)31-13-11-30(12-14-31)23-10-8-20(28-29-23)19-7-9-21(36-5)22(17-19)37-6/h7-10,17H,11-16,18H2,1-6H3,(H,27,34). The van der Waals surface area contributed by atoms with E-state index in [1.54, 1.807) is 26.2 Å². The molecule has 0 spiro atoms. The SMILES string of the molecule is COCCN(CC(=O)N1CCN(c2ccc(-c3ccc(OC)c(OC)c3)nn2)CC1)C(=O)NC(C)(C)C. The summed E-state index contributed by atoms with van der Waals surface area (Å²) in [5.41, 5.74) is 1.21. The van der Waals surface area contributed by atoms with Crippen molar-refractivity contribution in [3.63, 3.8) is 0 Å². The Hall–Kier alpha value is -3.60. The van der Waals surface area contributed by atoms with Crippen molar-refractivity contribution < 1.29 is 23.8 Å². The van der Waals surface area contributed by atoms with Crippen LogP contribution < -0.4 is 19.7 Å². The van der Waals surface area contributed by atoms with Crippen molar-refractivity contribution in [1.29, 1.82) is 0 Å². The van der Waals surface area contributed by atoms with E-state index >= 15 is 0 Å². The highest BCUT2D eigenvalue weighted by Crippen LogP contribution is 2.31. The lowest BCUT2D eigenvalue weighted by molar-refractivity contribution is -0.132. The molecule has 2 aromatic rings. The Kier molecular flexibility index (Phi) is 9.51. The summed E-state index contributed by atoms with van der Waals surface area (Å²) in [5.74, 6) is 1.94. The molecule has 1 N–H and O–H groups in total. The van der Waals surface area contributed by atoms with Crippen LogP contribution in [0.25, 0.3) is 11.3 Å². The summed E-state index contributed by atoms with van der Waals surface area (Å²) in [4.78, 5) is 31.0. The fourth-order valence-corrected chi connectivity index (χ4v) is 3.95. The maximum Gasteiger partial charge on any atom is 0.318 e. The van der Waals surface area contributed by atoms with Crippen molar-refractivity contribution in [2.75, 3.05) is 72.1 Å². The first-order valence-corrected chi connectivity index (χ1v) is 12.3. The van der Waals surface area contributed by atoms with Crippen molar-refractivity contribution in [3.05, 3.63) is 30.3 Å².